The molecule has 0 bridgehead atoms. The normalized spacial score (nSPS) is 26.1. The van der Waals surface area contributed by atoms with Crippen LogP contribution in [-0.4, -0.2) is 46.4 Å². The molecule has 0 aromatic heterocycles. The highest BCUT2D eigenvalue weighted by Gasteiger charge is 2.52. The first kappa shape index (κ1) is 23.2. The average Bonchev–Trinajstić information content (AvgIpc) is 2.92. The standard InChI is InChI=1S/C22H36N6O3/c23-22(24)27-26-18-17(19(29)25-15-11-7-3-1-4-8-12-15)20(30)28(21(18)31)16-13-9-5-2-6-10-14-16/h15-17H,1-14H2,(H,25,29)(H4,23,24,27)/p+1. The van der Waals surface area contributed by atoms with Gasteiger partial charge < -0.3 is 5.32 Å². The molecule has 9 heteroatoms. The number of nitrogens with zero attached hydrogens (tertiary/aromatic N) is 2. The van der Waals surface area contributed by atoms with Crippen LogP contribution in [-0.2, 0) is 14.4 Å². The highest BCUT2D eigenvalue weighted by atomic mass is 16.2. The Kier molecular flexibility index (Phi) is 8.43. The number of imide groups is 1. The Morgan fingerprint density at radius 1 is 0.871 bits per heavy atom. The number of guanidine groups is 1. The molecule has 0 spiro atoms. The fourth-order valence-corrected chi connectivity index (χ4v) is 5.00. The fraction of sp³-hybridized carbons (Fsp3) is 0.773. The smallest absolute Gasteiger partial charge is 0.352 e. The molecule has 1 atom stereocenters. The number of hydrogen-bond donors (Lipinski definition) is 4. The quantitative estimate of drug-likeness (QED) is 0.162. The zero-order valence-corrected chi connectivity index (χ0v) is 18.4. The minimum Gasteiger partial charge on any atom is -0.352 e. The van der Waals surface area contributed by atoms with Crippen molar-refractivity contribution in [2.45, 2.75) is 102 Å². The molecule has 172 valence electrons. The number of carbonyl (C=O) groups excluding carboxylic acids is 3. The lowest BCUT2D eigenvalue weighted by Crippen LogP contribution is -2.73. The van der Waals surface area contributed by atoms with Crippen molar-refractivity contribution in [2.24, 2.45) is 22.5 Å². The van der Waals surface area contributed by atoms with Crippen molar-refractivity contribution >= 4 is 29.4 Å². The second-order valence-corrected chi connectivity index (χ2v) is 9.06. The first-order valence-corrected chi connectivity index (χ1v) is 11.9. The van der Waals surface area contributed by atoms with Crippen molar-refractivity contribution in [1.82, 2.24) is 10.2 Å². The molecule has 3 rings (SSSR count). The van der Waals surface area contributed by atoms with Gasteiger partial charge in [0.2, 0.25) is 11.8 Å². The Bertz CT molecular complexity index is 715. The molecule has 3 fully saturated rings. The van der Waals surface area contributed by atoms with E-state index in [1.165, 1.54) is 17.7 Å². The summed E-state index contributed by atoms with van der Waals surface area (Å²) in [7, 11) is 0. The average molecular weight is 434 g/mol. The first-order chi connectivity index (χ1) is 15.0. The van der Waals surface area contributed by atoms with Crippen LogP contribution < -0.4 is 21.9 Å². The Labute approximate surface area is 184 Å². The van der Waals surface area contributed by atoms with Crippen LogP contribution in [0.2, 0.25) is 0 Å². The van der Waals surface area contributed by atoms with Gasteiger partial charge in [0.15, 0.2) is 11.6 Å². The molecule has 3 amide bonds. The molecule has 0 aromatic carbocycles. The van der Waals surface area contributed by atoms with Crippen molar-refractivity contribution in [3.8, 4) is 0 Å². The van der Waals surface area contributed by atoms with Crippen LogP contribution in [0.4, 0.5) is 0 Å². The number of amides is 3. The first-order valence-electron chi connectivity index (χ1n) is 11.9. The van der Waals surface area contributed by atoms with Gasteiger partial charge in [-0.25, -0.2) is 0 Å². The van der Waals surface area contributed by atoms with Crippen LogP contribution >= 0.6 is 0 Å². The van der Waals surface area contributed by atoms with E-state index in [0.29, 0.717) is 0 Å². The van der Waals surface area contributed by atoms with Gasteiger partial charge in [-0.05, 0) is 25.7 Å². The molecule has 2 aliphatic carbocycles. The van der Waals surface area contributed by atoms with E-state index in [2.05, 4.69) is 15.5 Å². The minimum absolute atomic E-state index is 0.0199. The molecule has 1 saturated heterocycles. The third kappa shape index (κ3) is 6.04. The summed E-state index contributed by atoms with van der Waals surface area (Å²) in [6.45, 7) is 0. The lowest BCUT2D eigenvalue weighted by atomic mass is 9.95. The molecule has 1 heterocycles. The van der Waals surface area contributed by atoms with E-state index in [-0.39, 0.29) is 23.8 Å². The number of nitrogens with two attached hydrogens (primary N) is 2. The van der Waals surface area contributed by atoms with E-state index in [4.69, 9.17) is 11.5 Å². The summed E-state index contributed by atoms with van der Waals surface area (Å²) < 4.78 is 0. The number of hydrogen-bond acceptors (Lipinski definition) is 4. The predicted octanol–water partition coefficient (Wildman–Crippen LogP) is 0.0234. The number of carbonyl (C=O) groups is 3. The number of hydrazone groups is 1. The highest BCUT2D eigenvalue weighted by molar-refractivity contribution is 6.54. The molecule has 3 aliphatic rings. The monoisotopic (exact) mass is 433 g/mol. The summed E-state index contributed by atoms with van der Waals surface area (Å²) in [5.41, 5.74) is 10.7. The topological polar surface area (TPSA) is 145 Å². The Balaban J connectivity index is 1.81. The molecular weight excluding hydrogens is 396 g/mol. The maximum atomic E-state index is 13.3. The van der Waals surface area contributed by atoms with Crippen LogP contribution in [0.15, 0.2) is 5.10 Å². The van der Waals surface area contributed by atoms with Gasteiger partial charge in [0.25, 0.3) is 5.91 Å². The van der Waals surface area contributed by atoms with Crippen LogP contribution in [0.1, 0.15) is 89.9 Å². The van der Waals surface area contributed by atoms with Gasteiger partial charge in [-0.15, -0.1) is 5.10 Å². The van der Waals surface area contributed by atoms with Crippen molar-refractivity contribution in [3.05, 3.63) is 0 Å². The van der Waals surface area contributed by atoms with Gasteiger partial charge >= 0.3 is 5.96 Å². The molecule has 2 saturated carbocycles. The van der Waals surface area contributed by atoms with E-state index in [9.17, 15) is 14.4 Å². The van der Waals surface area contributed by atoms with Crippen molar-refractivity contribution < 1.29 is 19.5 Å². The van der Waals surface area contributed by atoms with Crippen molar-refractivity contribution in [1.29, 1.82) is 0 Å². The third-order valence-electron chi connectivity index (χ3n) is 6.65. The zero-order chi connectivity index (χ0) is 22.2. The van der Waals surface area contributed by atoms with Crippen LogP contribution in [0.25, 0.3) is 0 Å². The van der Waals surface area contributed by atoms with Gasteiger partial charge in [0.1, 0.15) is 0 Å². The summed E-state index contributed by atoms with van der Waals surface area (Å²) in [4.78, 5) is 41.0. The third-order valence-corrected chi connectivity index (χ3v) is 6.65. The molecule has 0 aromatic rings. The van der Waals surface area contributed by atoms with E-state index in [0.717, 1.165) is 77.0 Å². The second kappa shape index (κ2) is 11.2. The molecule has 6 N–H and O–H groups in total. The summed E-state index contributed by atoms with van der Waals surface area (Å²) in [5.74, 6) is -2.89. The maximum Gasteiger partial charge on any atom is 0.362 e. The molecule has 1 unspecified atom stereocenters. The van der Waals surface area contributed by atoms with E-state index >= 15 is 0 Å². The summed E-state index contributed by atoms with van der Waals surface area (Å²) in [5, 5.41) is 9.37. The lowest BCUT2D eigenvalue weighted by molar-refractivity contribution is -0.464. The maximum absolute atomic E-state index is 13.3. The molecule has 31 heavy (non-hydrogen) atoms. The van der Waals surface area contributed by atoms with Crippen molar-refractivity contribution in [3.63, 3.8) is 0 Å². The van der Waals surface area contributed by atoms with E-state index in [1.807, 2.05) is 0 Å². The Morgan fingerprint density at radius 2 is 1.39 bits per heavy atom. The van der Waals surface area contributed by atoms with Crippen LogP contribution in [0.3, 0.4) is 0 Å². The van der Waals surface area contributed by atoms with Gasteiger partial charge in [-0.3, -0.25) is 30.8 Å². The molecule has 9 nitrogen and oxygen atoms in total. The minimum atomic E-state index is -1.25. The number of rotatable bonds is 4. The van der Waals surface area contributed by atoms with E-state index < -0.39 is 23.6 Å². The van der Waals surface area contributed by atoms with E-state index in [1.54, 1.807) is 0 Å². The summed E-state index contributed by atoms with van der Waals surface area (Å²) in [6, 6.07) is -0.171. The van der Waals surface area contributed by atoms with Crippen molar-refractivity contribution in [2.75, 3.05) is 0 Å². The van der Waals surface area contributed by atoms with Crippen LogP contribution in [0.5, 0.6) is 0 Å². The lowest BCUT2D eigenvalue weighted by Gasteiger charge is -2.28. The fourth-order valence-electron chi connectivity index (χ4n) is 5.00. The summed E-state index contributed by atoms with van der Waals surface area (Å²) in [6.07, 6.45) is 14.3. The largest absolute Gasteiger partial charge is 0.362 e. The SMILES string of the molecule is NC(N)=[NH+]N=C1C(=O)N(C2CCCCCCC2)C(=O)C1C(=O)NC1CCCCCCC1. The summed E-state index contributed by atoms with van der Waals surface area (Å²) >= 11 is 0. The molecule has 1 aliphatic heterocycles. The number of nitrogens with one attached hydrogen (secondary N) is 2. The van der Waals surface area contributed by atoms with Gasteiger partial charge in [-0.2, -0.15) is 5.10 Å². The van der Waals surface area contributed by atoms with Crippen LogP contribution in [0, 0.1) is 5.92 Å². The molecular formula is C22H37N6O3+. The second-order valence-electron chi connectivity index (χ2n) is 9.06. The van der Waals surface area contributed by atoms with Gasteiger partial charge in [0, 0.05) is 12.1 Å². The predicted molar refractivity (Wildman–Crippen MR) is 117 cm³/mol. The molecule has 0 radical (unpaired) electrons. The van der Waals surface area contributed by atoms with Gasteiger partial charge in [-0.1, -0.05) is 64.2 Å². The van der Waals surface area contributed by atoms with Gasteiger partial charge in [0.05, 0.1) is 0 Å². The Hall–Kier alpha value is -2.45. The Morgan fingerprint density at radius 3 is 1.94 bits per heavy atom. The number of likely N-dealkylation sites (tertiary alicyclic amines) is 1. The highest BCUT2D eigenvalue weighted by Crippen LogP contribution is 2.28. The zero-order valence-electron chi connectivity index (χ0n) is 18.4.